The molecule has 0 spiro atoms. The summed E-state index contributed by atoms with van der Waals surface area (Å²) in [6, 6.07) is 35.7. The molecule has 7 aromatic rings. The van der Waals surface area contributed by atoms with Crippen molar-refractivity contribution in [3.8, 4) is 23.0 Å². The molecule has 44 heavy (non-hydrogen) atoms. The van der Waals surface area contributed by atoms with Gasteiger partial charge >= 0.3 is 0 Å². The van der Waals surface area contributed by atoms with E-state index in [1.54, 1.807) is 28.9 Å². The molecule has 4 aromatic carbocycles. The van der Waals surface area contributed by atoms with Crippen LogP contribution in [0.1, 0.15) is 5.76 Å². The summed E-state index contributed by atoms with van der Waals surface area (Å²) < 4.78 is 20.0. The van der Waals surface area contributed by atoms with E-state index in [0.29, 0.717) is 26.6 Å². The van der Waals surface area contributed by atoms with Crippen LogP contribution in [0.15, 0.2) is 120 Å². The summed E-state index contributed by atoms with van der Waals surface area (Å²) in [5.41, 5.74) is 1.90. The van der Waals surface area contributed by atoms with Crippen molar-refractivity contribution < 1.29 is 13.9 Å². The Labute approximate surface area is 261 Å². The molecular weight excluding hydrogens is 591 g/mol. The van der Waals surface area contributed by atoms with Gasteiger partial charge in [-0.05, 0) is 60.7 Å². The van der Waals surface area contributed by atoms with E-state index in [1.165, 1.54) is 0 Å². The fourth-order valence-corrected chi connectivity index (χ4v) is 7.18. The molecule has 0 aliphatic carbocycles. The molecule has 4 heterocycles. The topological polar surface area (TPSA) is 67.1 Å². The van der Waals surface area contributed by atoms with Crippen LogP contribution in [0.4, 0.5) is 10.3 Å². The minimum atomic E-state index is 0.662. The zero-order valence-electron chi connectivity index (χ0n) is 23.6. The van der Waals surface area contributed by atoms with Crippen LogP contribution in [-0.2, 0) is 6.54 Å². The highest BCUT2D eigenvalue weighted by molar-refractivity contribution is 7.22. The Kier molecular flexibility index (Phi) is 7.07. The first-order valence-electron chi connectivity index (χ1n) is 14.2. The van der Waals surface area contributed by atoms with Gasteiger partial charge in [-0.3, -0.25) is 4.90 Å². The molecule has 8 nitrogen and oxygen atoms in total. The quantitative estimate of drug-likeness (QED) is 0.168. The smallest absolute Gasteiger partial charge is 0.188 e. The van der Waals surface area contributed by atoms with Gasteiger partial charge in [0.05, 0.1) is 53.2 Å². The van der Waals surface area contributed by atoms with Crippen molar-refractivity contribution in [3.63, 3.8) is 0 Å². The van der Waals surface area contributed by atoms with Gasteiger partial charge in [0.2, 0.25) is 0 Å². The largest absolute Gasteiger partial charge is 0.468 e. The van der Waals surface area contributed by atoms with Crippen molar-refractivity contribution in [2.75, 3.05) is 29.8 Å². The Morgan fingerprint density at radius 2 is 1.14 bits per heavy atom. The summed E-state index contributed by atoms with van der Waals surface area (Å²) in [5, 5.41) is 1.90. The van der Waals surface area contributed by atoms with E-state index in [0.717, 1.165) is 59.5 Å². The molecule has 0 amide bonds. The minimum absolute atomic E-state index is 0.662. The van der Waals surface area contributed by atoms with Crippen molar-refractivity contribution in [3.05, 3.63) is 121 Å². The summed E-state index contributed by atoms with van der Waals surface area (Å²) in [6.45, 7) is 2.77. The SMILES string of the molecule is c1ccc(Oc2ccc3nc(N4CN(Cc5ccco5)CN(c5nc6ccc(Oc7ccccc7)cc6s5)C4)sc3c2)cc1. The summed E-state index contributed by atoms with van der Waals surface area (Å²) in [5.74, 6) is 4.14. The number of hydrogen-bond acceptors (Lipinski definition) is 10. The van der Waals surface area contributed by atoms with Gasteiger partial charge < -0.3 is 23.7 Å². The van der Waals surface area contributed by atoms with Gasteiger partial charge in [0.15, 0.2) is 10.3 Å². The lowest BCUT2D eigenvalue weighted by atomic mass is 10.3. The molecule has 1 aliphatic rings. The van der Waals surface area contributed by atoms with Gasteiger partial charge in [0.1, 0.15) is 28.8 Å². The molecule has 1 saturated heterocycles. The van der Waals surface area contributed by atoms with Crippen LogP contribution in [0, 0.1) is 0 Å². The minimum Gasteiger partial charge on any atom is -0.468 e. The van der Waals surface area contributed by atoms with E-state index in [-0.39, 0.29) is 0 Å². The maximum absolute atomic E-state index is 6.08. The molecule has 3 aromatic heterocycles. The third-order valence-electron chi connectivity index (χ3n) is 7.24. The Morgan fingerprint density at radius 1 is 0.591 bits per heavy atom. The number of anilines is 2. The molecule has 1 aliphatic heterocycles. The summed E-state index contributed by atoms with van der Waals surface area (Å²) in [7, 11) is 0. The van der Waals surface area contributed by atoms with Crippen molar-refractivity contribution >= 4 is 53.4 Å². The molecule has 10 heteroatoms. The van der Waals surface area contributed by atoms with Crippen molar-refractivity contribution in [2.45, 2.75) is 6.54 Å². The Morgan fingerprint density at radius 3 is 1.64 bits per heavy atom. The fraction of sp³-hybridized carbons (Fsp3) is 0.118. The molecule has 218 valence electrons. The van der Waals surface area contributed by atoms with Gasteiger partial charge in [-0.15, -0.1) is 0 Å². The number of furan rings is 1. The molecule has 0 unspecified atom stereocenters. The van der Waals surface area contributed by atoms with E-state index in [4.69, 9.17) is 23.9 Å². The highest BCUT2D eigenvalue weighted by Gasteiger charge is 2.28. The number of hydrogen-bond donors (Lipinski definition) is 0. The van der Waals surface area contributed by atoms with E-state index in [9.17, 15) is 0 Å². The summed E-state index contributed by atoms with van der Waals surface area (Å²) >= 11 is 3.34. The van der Waals surface area contributed by atoms with E-state index < -0.39 is 0 Å². The number of ether oxygens (including phenoxy) is 2. The van der Waals surface area contributed by atoms with Crippen molar-refractivity contribution in [2.24, 2.45) is 0 Å². The summed E-state index contributed by atoms with van der Waals surface area (Å²) in [4.78, 5) is 17.0. The van der Waals surface area contributed by atoms with Gasteiger partial charge in [0.25, 0.3) is 0 Å². The average Bonchev–Trinajstić information content (AvgIpc) is 3.82. The molecule has 0 N–H and O–H groups in total. The van der Waals surface area contributed by atoms with Crippen LogP contribution in [-0.4, -0.2) is 34.9 Å². The third kappa shape index (κ3) is 5.70. The first-order chi connectivity index (χ1) is 21.7. The number of para-hydroxylation sites is 2. The van der Waals surface area contributed by atoms with Crippen LogP contribution in [0.5, 0.6) is 23.0 Å². The number of benzene rings is 4. The van der Waals surface area contributed by atoms with E-state index >= 15 is 0 Å². The number of nitrogens with zero attached hydrogens (tertiary/aromatic N) is 5. The Bertz CT molecular complexity index is 1880. The lowest BCUT2D eigenvalue weighted by Crippen LogP contribution is -2.55. The molecule has 0 saturated carbocycles. The zero-order valence-corrected chi connectivity index (χ0v) is 25.2. The highest BCUT2D eigenvalue weighted by atomic mass is 32.1. The number of rotatable bonds is 8. The molecule has 0 bridgehead atoms. The third-order valence-corrected chi connectivity index (χ3v) is 9.40. The Balaban J connectivity index is 1.07. The van der Waals surface area contributed by atoms with Crippen molar-refractivity contribution in [1.82, 2.24) is 14.9 Å². The summed E-state index contributed by atoms with van der Waals surface area (Å²) in [6.07, 6.45) is 1.72. The first kappa shape index (κ1) is 26.7. The monoisotopic (exact) mass is 617 g/mol. The van der Waals surface area contributed by atoms with Crippen LogP contribution in [0.2, 0.25) is 0 Å². The molecule has 0 radical (unpaired) electrons. The number of thiazole rings is 2. The fourth-order valence-electron chi connectivity index (χ4n) is 5.22. The second kappa shape index (κ2) is 11.6. The Hall–Kier alpha value is -4.90. The zero-order chi connectivity index (χ0) is 29.3. The number of fused-ring (bicyclic) bond motifs is 2. The first-order valence-corrected chi connectivity index (χ1v) is 15.9. The molecule has 8 rings (SSSR count). The van der Waals surface area contributed by atoms with Crippen LogP contribution >= 0.6 is 22.7 Å². The molecule has 1 fully saturated rings. The number of aromatic nitrogens is 2. The second-order valence-electron chi connectivity index (χ2n) is 10.5. The van der Waals surface area contributed by atoms with E-state index in [1.807, 2.05) is 97.1 Å². The van der Waals surface area contributed by atoms with E-state index in [2.05, 4.69) is 26.8 Å². The van der Waals surface area contributed by atoms with Crippen LogP contribution < -0.4 is 19.3 Å². The standard InChI is InChI=1S/C34H27N5O3S2/c1-3-8-24(9-4-1)41-26-13-15-29-31(18-26)43-33(35-29)38-21-37(20-28-12-7-17-40-28)22-39(23-38)34-36-30-16-14-27(19-32(30)44-34)42-25-10-5-2-6-11-25/h1-19H,20-23H2. The predicted molar refractivity (Wildman–Crippen MR) is 176 cm³/mol. The maximum Gasteiger partial charge on any atom is 0.188 e. The van der Waals surface area contributed by atoms with Gasteiger partial charge in [-0.2, -0.15) is 0 Å². The molecular formula is C34H27N5O3S2. The predicted octanol–water partition coefficient (Wildman–Crippen LogP) is 8.78. The lowest BCUT2D eigenvalue weighted by molar-refractivity contribution is 0.216. The average molecular weight is 618 g/mol. The van der Waals surface area contributed by atoms with Crippen molar-refractivity contribution in [1.29, 1.82) is 0 Å². The van der Waals surface area contributed by atoms with Gasteiger partial charge in [0, 0.05) is 12.1 Å². The highest BCUT2D eigenvalue weighted by Crippen LogP contribution is 2.37. The normalized spacial score (nSPS) is 14.0. The second-order valence-corrected chi connectivity index (χ2v) is 12.5. The van der Waals surface area contributed by atoms with Gasteiger partial charge in [-0.1, -0.05) is 59.1 Å². The van der Waals surface area contributed by atoms with Crippen LogP contribution in [0.3, 0.4) is 0 Å². The van der Waals surface area contributed by atoms with Gasteiger partial charge in [-0.25, -0.2) is 9.97 Å². The molecule has 0 atom stereocenters. The lowest BCUT2D eigenvalue weighted by Gasteiger charge is -2.41. The van der Waals surface area contributed by atoms with Crippen LogP contribution in [0.25, 0.3) is 20.4 Å². The maximum atomic E-state index is 6.08.